The lowest BCUT2D eigenvalue weighted by Crippen LogP contribution is -2.27. The van der Waals surface area contributed by atoms with Crippen LogP contribution in [-0.4, -0.2) is 42.8 Å². The molecule has 0 saturated heterocycles. The molecule has 0 radical (unpaired) electrons. The molecule has 0 aliphatic heterocycles. The minimum absolute atomic E-state index is 0.0606. The van der Waals surface area contributed by atoms with Crippen LogP contribution < -0.4 is 0 Å². The molecule has 0 atom stereocenters. The Hall–Kier alpha value is -2.18. The predicted molar refractivity (Wildman–Crippen MR) is 64.9 cm³/mol. The zero-order chi connectivity index (χ0) is 13.3. The summed E-state index contributed by atoms with van der Waals surface area (Å²) in [7, 11) is 3.56. The predicted octanol–water partition coefficient (Wildman–Crippen LogP) is 0.427. The third-order valence-corrected chi connectivity index (χ3v) is 2.92. The lowest BCUT2D eigenvalue weighted by Gasteiger charge is -2.15. The molecule has 2 aromatic heterocycles. The van der Waals surface area contributed by atoms with E-state index < -0.39 is 0 Å². The van der Waals surface area contributed by atoms with E-state index in [0.29, 0.717) is 17.9 Å². The van der Waals surface area contributed by atoms with Crippen molar-refractivity contribution in [3.8, 4) is 0 Å². The fraction of sp³-hybridized carbons (Fsp3) is 0.455. The number of carbonyl (C=O) groups excluding carboxylic acids is 1. The number of carbonyl (C=O) groups is 1. The molecule has 0 aliphatic carbocycles. The van der Waals surface area contributed by atoms with E-state index in [0.717, 1.165) is 11.4 Å². The largest absolute Gasteiger partial charge is 0.334 e. The van der Waals surface area contributed by atoms with Crippen molar-refractivity contribution in [3.63, 3.8) is 0 Å². The Morgan fingerprint density at radius 1 is 1.50 bits per heavy atom. The summed E-state index contributed by atoms with van der Waals surface area (Å²) >= 11 is 0. The van der Waals surface area contributed by atoms with Gasteiger partial charge in [-0.15, -0.1) is 0 Å². The molecular formula is C11H16N6O. The van der Waals surface area contributed by atoms with Crippen LogP contribution in [0.3, 0.4) is 0 Å². The molecule has 2 heterocycles. The fourth-order valence-corrected chi connectivity index (χ4v) is 1.88. The van der Waals surface area contributed by atoms with Crippen molar-refractivity contribution in [3.05, 3.63) is 29.1 Å². The fourth-order valence-electron chi connectivity index (χ4n) is 1.88. The van der Waals surface area contributed by atoms with Gasteiger partial charge in [0, 0.05) is 19.8 Å². The van der Waals surface area contributed by atoms with Crippen LogP contribution in [0.4, 0.5) is 0 Å². The summed E-state index contributed by atoms with van der Waals surface area (Å²) in [5, 5.41) is 10.7. The summed E-state index contributed by atoms with van der Waals surface area (Å²) in [6.45, 7) is 4.12. The molecule has 0 aromatic carbocycles. The summed E-state index contributed by atoms with van der Waals surface area (Å²) in [6.07, 6.45) is 1.42. The van der Waals surface area contributed by atoms with Crippen molar-refractivity contribution < 1.29 is 4.79 Å². The van der Waals surface area contributed by atoms with Gasteiger partial charge in [0.25, 0.3) is 5.91 Å². The monoisotopic (exact) mass is 248 g/mol. The highest BCUT2D eigenvalue weighted by Gasteiger charge is 2.21. The molecule has 1 N–H and O–H groups in total. The van der Waals surface area contributed by atoms with Crippen LogP contribution in [0, 0.1) is 13.8 Å². The Kier molecular flexibility index (Phi) is 3.14. The number of hydrogen-bond donors (Lipinski definition) is 1. The zero-order valence-electron chi connectivity index (χ0n) is 10.9. The van der Waals surface area contributed by atoms with Gasteiger partial charge in [0.2, 0.25) is 0 Å². The normalized spacial score (nSPS) is 10.7. The first-order chi connectivity index (χ1) is 8.50. The van der Waals surface area contributed by atoms with Gasteiger partial charge in [-0.2, -0.15) is 10.2 Å². The summed E-state index contributed by atoms with van der Waals surface area (Å²) < 4.78 is 1.71. The highest BCUT2D eigenvalue weighted by Crippen LogP contribution is 2.14. The maximum atomic E-state index is 12.3. The third kappa shape index (κ3) is 2.11. The molecule has 2 rings (SSSR count). The smallest absolute Gasteiger partial charge is 0.257 e. The molecule has 7 heteroatoms. The molecular weight excluding hydrogens is 232 g/mol. The molecule has 96 valence electrons. The molecule has 1 amide bonds. The lowest BCUT2D eigenvalue weighted by molar-refractivity contribution is 0.0780. The van der Waals surface area contributed by atoms with E-state index in [1.54, 1.807) is 16.6 Å². The van der Waals surface area contributed by atoms with E-state index in [4.69, 9.17) is 0 Å². The summed E-state index contributed by atoms with van der Waals surface area (Å²) in [6, 6.07) is 0. The van der Waals surface area contributed by atoms with Crippen LogP contribution in [0.1, 0.15) is 27.6 Å². The minimum atomic E-state index is -0.0606. The van der Waals surface area contributed by atoms with Crippen molar-refractivity contribution in [2.24, 2.45) is 7.05 Å². The highest BCUT2D eigenvalue weighted by molar-refractivity contribution is 5.96. The standard InChI is InChI=1S/C11H16N6O/c1-7-10(8(2)17(4)15-7)11(18)16(3)5-9-12-6-13-14-9/h6H,5H2,1-4H3,(H,12,13,14). The van der Waals surface area contributed by atoms with Crippen molar-refractivity contribution in [1.82, 2.24) is 29.9 Å². The number of hydrogen-bond acceptors (Lipinski definition) is 4. The second kappa shape index (κ2) is 4.59. The van der Waals surface area contributed by atoms with E-state index in [1.165, 1.54) is 6.33 Å². The summed E-state index contributed by atoms with van der Waals surface area (Å²) in [5.41, 5.74) is 2.26. The third-order valence-electron chi connectivity index (χ3n) is 2.92. The summed E-state index contributed by atoms with van der Waals surface area (Å²) in [4.78, 5) is 17.9. The number of rotatable bonds is 3. The van der Waals surface area contributed by atoms with Crippen LogP contribution >= 0.6 is 0 Å². The maximum Gasteiger partial charge on any atom is 0.257 e. The molecule has 0 fully saturated rings. The van der Waals surface area contributed by atoms with Gasteiger partial charge in [-0.05, 0) is 13.8 Å². The maximum absolute atomic E-state index is 12.3. The Balaban J connectivity index is 2.20. The number of aromatic nitrogens is 5. The Morgan fingerprint density at radius 3 is 2.72 bits per heavy atom. The first-order valence-electron chi connectivity index (χ1n) is 5.60. The van der Waals surface area contributed by atoms with Crippen LogP contribution in [0.2, 0.25) is 0 Å². The van der Waals surface area contributed by atoms with Gasteiger partial charge in [0.05, 0.1) is 17.8 Å². The lowest BCUT2D eigenvalue weighted by atomic mass is 10.1. The van der Waals surface area contributed by atoms with Crippen molar-refractivity contribution in [2.75, 3.05) is 7.05 Å². The van der Waals surface area contributed by atoms with Crippen LogP contribution in [0.15, 0.2) is 6.33 Å². The second-order valence-corrected chi connectivity index (χ2v) is 4.26. The van der Waals surface area contributed by atoms with E-state index in [1.807, 2.05) is 20.9 Å². The number of amides is 1. The Labute approximate surface area is 105 Å². The molecule has 0 unspecified atom stereocenters. The molecule has 0 aliphatic rings. The molecule has 0 saturated carbocycles. The van der Waals surface area contributed by atoms with E-state index >= 15 is 0 Å². The molecule has 18 heavy (non-hydrogen) atoms. The van der Waals surface area contributed by atoms with Crippen LogP contribution in [0.5, 0.6) is 0 Å². The molecule has 0 spiro atoms. The minimum Gasteiger partial charge on any atom is -0.334 e. The second-order valence-electron chi connectivity index (χ2n) is 4.26. The highest BCUT2D eigenvalue weighted by atomic mass is 16.2. The SMILES string of the molecule is Cc1nn(C)c(C)c1C(=O)N(C)Cc1ncn[nH]1. The van der Waals surface area contributed by atoms with Crippen molar-refractivity contribution in [1.29, 1.82) is 0 Å². The number of aryl methyl sites for hydroxylation is 2. The van der Waals surface area contributed by atoms with Gasteiger partial charge in [0.15, 0.2) is 0 Å². The number of H-pyrrole nitrogens is 1. The van der Waals surface area contributed by atoms with Gasteiger partial charge in [0.1, 0.15) is 12.2 Å². The van der Waals surface area contributed by atoms with Crippen LogP contribution in [-0.2, 0) is 13.6 Å². The summed E-state index contributed by atoms with van der Waals surface area (Å²) in [5.74, 6) is 0.597. The Bertz CT molecular complexity index is 556. The molecule has 2 aromatic rings. The van der Waals surface area contributed by atoms with Crippen LogP contribution in [0.25, 0.3) is 0 Å². The molecule has 0 bridgehead atoms. The topological polar surface area (TPSA) is 79.7 Å². The van der Waals surface area contributed by atoms with Gasteiger partial charge in [-0.1, -0.05) is 0 Å². The average molecular weight is 248 g/mol. The molecule has 7 nitrogen and oxygen atoms in total. The first-order valence-corrected chi connectivity index (χ1v) is 5.60. The quantitative estimate of drug-likeness (QED) is 0.854. The number of nitrogens with one attached hydrogen (secondary N) is 1. The van der Waals surface area contributed by atoms with Crippen molar-refractivity contribution >= 4 is 5.91 Å². The van der Waals surface area contributed by atoms with Gasteiger partial charge in [-0.3, -0.25) is 14.6 Å². The number of aromatic amines is 1. The number of nitrogens with zero attached hydrogens (tertiary/aromatic N) is 5. The van der Waals surface area contributed by atoms with E-state index in [2.05, 4.69) is 20.3 Å². The Morgan fingerprint density at radius 2 is 2.22 bits per heavy atom. The van der Waals surface area contributed by atoms with Gasteiger partial charge < -0.3 is 4.90 Å². The zero-order valence-corrected chi connectivity index (χ0v) is 10.9. The van der Waals surface area contributed by atoms with Gasteiger partial charge in [-0.25, -0.2) is 4.98 Å². The van der Waals surface area contributed by atoms with E-state index in [-0.39, 0.29) is 5.91 Å². The van der Waals surface area contributed by atoms with E-state index in [9.17, 15) is 4.79 Å². The first kappa shape index (κ1) is 12.3. The van der Waals surface area contributed by atoms with Gasteiger partial charge >= 0.3 is 0 Å². The average Bonchev–Trinajstić information content (AvgIpc) is 2.88. The van der Waals surface area contributed by atoms with Crippen molar-refractivity contribution in [2.45, 2.75) is 20.4 Å².